The Morgan fingerprint density at radius 1 is 1.11 bits per heavy atom. The van der Waals surface area contributed by atoms with Gasteiger partial charge in [0.15, 0.2) is 0 Å². The molecule has 2 N–H and O–H groups in total. The molecule has 4 rings (SSSR count). The topological polar surface area (TPSA) is 26.0 Å². The molecule has 110 valence electrons. The number of nitrogens with two attached hydrogens (primary N) is 1. The molecule has 4 bridgehead atoms. The molecule has 4 aliphatic carbocycles. The first kappa shape index (κ1) is 13.9. The third-order valence-electron chi connectivity index (χ3n) is 7.02. The zero-order valence-electron chi connectivity index (χ0n) is 13.4. The third-order valence-corrected chi connectivity index (χ3v) is 7.02. The summed E-state index contributed by atoms with van der Waals surface area (Å²) in [5, 5.41) is 0. The zero-order chi connectivity index (χ0) is 13.8. The minimum Gasteiger partial charge on any atom is -0.330 e. The van der Waals surface area contributed by atoms with Crippen LogP contribution in [-0.2, 0) is 0 Å². The van der Waals surface area contributed by atoms with E-state index in [1.54, 1.807) is 0 Å². The molecule has 1 heteroatoms. The molecule has 4 saturated carbocycles. The molecule has 0 radical (unpaired) electrons. The minimum atomic E-state index is 0.617. The van der Waals surface area contributed by atoms with Crippen LogP contribution in [0.15, 0.2) is 0 Å². The Hall–Kier alpha value is -0.0400. The van der Waals surface area contributed by atoms with Crippen LogP contribution in [0.1, 0.15) is 66.2 Å². The zero-order valence-corrected chi connectivity index (χ0v) is 13.4. The number of hydrogen-bond donors (Lipinski definition) is 1. The molecule has 3 unspecified atom stereocenters. The summed E-state index contributed by atoms with van der Waals surface area (Å²) >= 11 is 0. The summed E-state index contributed by atoms with van der Waals surface area (Å²) in [5.74, 6) is 4.58. The molecule has 3 atom stereocenters. The van der Waals surface area contributed by atoms with Crippen LogP contribution in [0.5, 0.6) is 0 Å². The quantitative estimate of drug-likeness (QED) is 0.796. The van der Waals surface area contributed by atoms with E-state index in [0.717, 1.165) is 36.1 Å². The highest BCUT2D eigenvalue weighted by molar-refractivity contribution is 5.10. The van der Waals surface area contributed by atoms with Crippen LogP contribution in [0.2, 0.25) is 0 Å². The van der Waals surface area contributed by atoms with E-state index in [1.165, 1.54) is 38.5 Å². The maximum atomic E-state index is 6.22. The van der Waals surface area contributed by atoms with E-state index in [-0.39, 0.29) is 0 Å². The van der Waals surface area contributed by atoms with Gasteiger partial charge in [0.2, 0.25) is 0 Å². The van der Waals surface area contributed by atoms with Gasteiger partial charge in [0.05, 0.1) is 0 Å². The highest BCUT2D eigenvalue weighted by Crippen LogP contribution is 2.69. The second-order valence-electron chi connectivity index (χ2n) is 9.11. The van der Waals surface area contributed by atoms with Gasteiger partial charge in [-0.05, 0) is 85.5 Å². The average molecular weight is 263 g/mol. The number of rotatable bonds is 4. The lowest BCUT2D eigenvalue weighted by Gasteiger charge is -2.66. The van der Waals surface area contributed by atoms with Crippen molar-refractivity contribution >= 4 is 0 Å². The Morgan fingerprint density at radius 2 is 1.68 bits per heavy atom. The molecule has 1 nitrogen and oxygen atoms in total. The lowest BCUT2D eigenvalue weighted by atomic mass is 9.39. The normalized spacial score (nSPS) is 49.9. The number of hydrogen-bond acceptors (Lipinski definition) is 1. The summed E-state index contributed by atoms with van der Waals surface area (Å²) in [4.78, 5) is 0. The summed E-state index contributed by atoms with van der Waals surface area (Å²) in [6, 6.07) is 0. The van der Waals surface area contributed by atoms with Gasteiger partial charge in [0, 0.05) is 0 Å². The van der Waals surface area contributed by atoms with Crippen molar-refractivity contribution in [2.75, 3.05) is 6.54 Å². The standard InChI is InChI=1S/C18H33N/c1-12(2)5-16(10-19)18-8-14-6-17(4,11-18)7-15(9-18)13(14)3/h12-16H,5-11,19H2,1-4H3. The van der Waals surface area contributed by atoms with Crippen molar-refractivity contribution in [2.45, 2.75) is 66.2 Å². The molecule has 0 aromatic carbocycles. The van der Waals surface area contributed by atoms with Gasteiger partial charge >= 0.3 is 0 Å². The van der Waals surface area contributed by atoms with Gasteiger partial charge in [-0.15, -0.1) is 0 Å². The minimum absolute atomic E-state index is 0.617. The van der Waals surface area contributed by atoms with Gasteiger partial charge < -0.3 is 5.73 Å². The van der Waals surface area contributed by atoms with Gasteiger partial charge in [0.25, 0.3) is 0 Å². The highest BCUT2D eigenvalue weighted by atomic mass is 14.7. The predicted molar refractivity (Wildman–Crippen MR) is 81.8 cm³/mol. The summed E-state index contributed by atoms with van der Waals surface area (Å²) in [6.07, 6.45) is 8.83. The molecule has 0 heterocycles. The van der Waals surface area contributed by atoms with Crippen molar-refractivity contribution in [3.8, 4) is 0 Å². The molecule has 4 fully saturated rings. The predicted octanol–water partition coefficient (Wildman–Crippen LogP) is 4.46. The second-order valence-corrected chi connectivity index (χ2v) is 9.11. The molecular weight excluding hydrogens is 230 g/mol. The largest absolute Gasteiger partial charge is 0.330 e. The lowest BCUT2D eigenvalue weighted by Crippen LogP contribution is -2.57. The van der Waals surface area contributed by atoms with Crippen molar-refractivity contribution in [1.82, 2.24) is 0 Å². The Kier molecular flexibility index (Phi) is 3.28. The van der Waals surface area contributed by atoms with Gasteiger partial charge in [0.1, 0.15) is 0 Å². The Balaban J connectivity index is 1.88. The third kappa shape index (κ3) is 2.17. The monoisotopic (exact) mass is 263 g/mol. The molecule has 0 saturated heterocycles. The van der Waals surface area contributed by atoms with E-state index in [1.807, 2.05) is 0 Å². The Bertz CT molecular complexity index is 330. The smallest absolute Gasteiger partial charge is 0.00434 e. The summed E-state index contributed by atoms with van der Waals surface area (Å²) < 4.78 is 0. The van der Waals surface area contributed by atoms with Crippen LogP contribution >= 0.6 is 0 Å². The molecule has 0 aromatic rings. The van der Waals surface area contributed by atoms with Gasteiger partial charge in [-0.2, -0.15) is 0 Å². The molecule has 0 amide bonds. The van der Waals surface area contributed by atoms with Gasteiger partial charge in [-0.3, -0.25) is 0 Å². The van der Waals surface area contributed by atoms with E-state index in [4.69, 9.17) is 5.73 Å². The fraction of sp³-hybridized carbons (Fsp3) is 1.00. The van der Waals surface area contributed by atoms with Crippen molar-refractivity contribution in [3.05, 3.63) is 0 Å². The van der Waals surface area contributed by atoms with E-state index < -0.39 is 0 Å². The second kappa shape index (κ2) is 4.48. The molecule has 0 spiro atoms. The fourth-order valence-corrected chi connectivity index (χ4v) is 6.53. The summed E-state index contributed by atoms with van der Waals surface area (Å²) in [6.45, 7) is 10.8. The van der Waals surface area contributed by atoms with Crippen molar-refractivity contribution in [3.63, 3.8) is 0 Å². The van der Waals surface area contributed by atoms with Crippen molar-refractivity contribution in [2.24, 2.45) is 46.2 Å². The highest BCUT2D eigenvalue weighted by Gasteiger charge is 2.60. The van der Waals surface area contributed by atoms with E-state index >= 15 is 0 Å². The van der Waals surface area contributed by atoms with Gasteiger partial charge in [-0.1, -0.05) is 27.7 Å². The van der Waals surface area contributed by atoms with Crippen LogP contribution in [0.4, 0.5) is 0 Å². The SMILES string of the molecule is CC(C)CC(CN)C12CC3CC(C)(CC(C1)C3C)C2. The first-order chi connectivity index (χ1) is 8.87. The van der Waals surface area contributed by atoms with Crippen LogP contribution in [-0.4, -0.2) is 6.54 Å². The molecule has 4 aliphatic rings. The summed E-state index contributed by atoms with van der Waals surface area (Å²) in [5.41, 5.74) is 7.49. The maximum Gasteiger partial charge on any atom is -0.00434 e. The summed E-state index contributed by atoms with van der Waals surface area (Å²) in [7, 11) is 0. The van der Waals surface area contributed by atoms with Crippen molar-refractivity contribution in [1.29, 1.82) is 0 Å². The first-order valence-corrected chi connectivity index (χ1v) is 8.57. The van der Waals surface area contributed by atoms with Crippen LogP contribution < -0.4 is 5.73 Å². The molecule has 0 aromatic heterocycles. The Labute approximate surface area is 119 Å². The van der Waals surface area contributed by atoms with Gasteiger partial charge in [-0.25, -0.2) is 0 Å². The molecular formula is C18H33N. The Morgan fingerprint density at radius 3 is 2.16 bits per heavy atom. The fourth-order valence-electron chi connectivity index (χ4n) is 6.53. The van der Waals surface area contributed by atoms with E-state index in [9.17, 15) is 0 Å². The molecule has 19 heavy (non-hydrogen) atoms. The maximum absolute atomic E-state index is 6.22. The average Bonchev–Trinajstić information content (AvgIpc) is 2.30. The van der Waals surface area contributed by atoms with E-state index in [2.05, 4.69) is 27.7 Å². The van der Waals surface area contributed by atoms with Crippen molar-refractivity contribution < 1.29 is 0 Å². The van der Waals surface area contributed by atoms with E-state index in [0.29, 0.717) is 10.8 Å². The lowest BCUT2D eigenvalue weighted by molar-refractivity contribution is -0.157. The van der Waals surface area contributed by atoms with Crippen LogP contribution in [0.25, 0.3) is 0 Å². The molecule has 0 aliphatic heterocycles. The van der Waals surface area contributed by atoms with Crippen LogP contribution in [0, 0.1) is 40.4 Å². The van der Waals surface area contributed by atoms with Crippen LogP contribution in [0.3, 0.4) is 0 Å². The first-order valence-electron chi connectivity index (χ1n) is 8.57.